The van der Waals surface area contributed by atoms with Crippen molar-refractivity contribution in [1.29, 1.82) is 0 Å². The van der Waals surface area contributed by atoms with E-state index < -0.39 is 9.84 Å². The highest BCUT2D eigenvalue weighted by Crippen LogP contribution is 2.25. The summed E-state index contributed by atoms with van der Waals surface area (Å²) in [6.07, 6.45) is 0. The minimum absolute atomic E-state index is 0.0268. The van der Waals surface area contributed by atoms with E-state index in [2.05, 4.69) is 20.9 Å². The minimum Gasteiger partial charge on any atom is -0.331 e. The lowest BCUT2D eigenvalue weighted by molar-refractivity contribution is 0.594. The van der Waals surface area contributed by atoms with Crippen molar-refractivity contribution in [3.8, 4) is 0 Å². The largest absolute Gasteiger partial charge is 0.331 e. The molecule has 1 heterocycles. The molecule has 0 radical (unpaired) electrons. The quantitative estimate of drug-likeness (QED) is 0.678. The second-order valence-electron chi connectivity index (χ2n) is 5.71. The number of fused-ring (bicyclic) bond motifs is 1. The summed E-state index contributed by atoms with van der Waals surface area (Å²) < 4.78 is 28.3. The van der Waals surface area contributed by atoms with Crippen molar-refractivity contribution in [3.63, 3.8) is 0 Å². The first-order valence-electron chi connectivity index (χ1n) is 7.19. The molecule has 0 spiro atoms. The number of aryl methyl sites for hydroxylation is 3. The third-order valence-electron chi connectivity index (χ3n) is 4.00. The summed E-state index contributed by atoms with van der Waals surface area (Å²) in [5.74, 6) is 0.880. The molecule has 4 nitrogen and oxygen atoms in total. The Morgan fingerprint density at radius 2 is 1.87 bits per heavy atom. The minimum atomic E-state index is -3.39. The van der Waals surface area contributed by atoms with Crippen LogP contribution in [0.15, 0.2) is 45.8 Å². The van der Waals surface area contributed by atoms with Gasteiger partial charge in [-0.2, -0.15) is 0 Å². The highest BCUT2D eigenvalue weighted by atomic mass is 79.9. The summed E-state index contributed by atoms with van der Waals surface area (Å²) in [4.78, 5) is 4.84. The lowest BCUT2D eigenvalue weighted by Gasteiger charge is -2.08. The molecule has 0 aliphatic rings. The van der Waals surface area contributed by atoms with Crippen molar-refractivity contribution in [2.45, 2.75) is 24.5 Å². The Bertz CT molecular complexity index is 1010. The maximum absolute atomic E-state index is 12.7. The van der Waals surface area contributed by atoms with Gasteiger partial charge in [0, 0.05) is 11.5 Å². The van der Waals surface area contributed by atoms with Crippen LogP contribution in [0.3, 0.4) is 0 Å². The average molecular weight is 393 g/mol. The van der Waals surface area contributed by atoms with Gasteiger partial charge in [-0.15, -0.1) is 0 Å². The molecule has 3 rings (SSSR count). The summed E-state index contributed by atoms with van der Waals surface area (Å²) in [7, 11) is -1.44. The second-order valence-corrected chi connectivity index (χ2v) is 8.58. The van der Waals surface area contributed by atoms with E-state index in [4.69, 9.17) is 0 Å². The van der Waals surface area contributed by atoms with Gasteiger partial charge in [-0.25, -0.2) is 13.4 Å². The van der Waals surface area contributed by atoms with E-state index in [1.165, 1.54) is 0 Å². The molecule has 120 valence electrons. The van der Waals surface area contributed by atoms with E-state index in [9.17, 15) is 8.42 Å². The number of rotatable bonds is 3. The van der Waals surface area contributed by atoms with Crippen LogP contribution in [-0.2, 0) is 22.6 Å². The maximum Gasteiger partial charge on any atom is 0.182 e. The fourth-order valence-corrected chi connectivity index (χ4v) is 4.79. The van der Waals surface area contributed by atoms with Gasteiger partial charge in [0.05, 0.1) is 21.7 Å². The number of nitrogens with zero attached hydrogens (tertiary/aromatic N) is 2. The number of benzene rings is 2. The van der Waals surface area contributed by atoms with Crippen LogP contribution in [0.4, 0.5) is 0 Å². The maximum atomic E-state index is 12.7. The van der Waals surface area contributed by atoms with Gasteiger partial charge in [0.1, 0.15) is 5.82 Å². The van der Waals surface area contributed by atoms with Gasteiger partial charge in [-0.05, 0) is 55.3 Å². The normalized spacial score (nSPS) is 12.0. The number of imidazole rings is 1. The van der Waals surface area contributed by atoms with E-state index in [0.717, 1.165) is 32.5 Å². The Morgan fingerprint density at radius 3 is 2.57 bits per heavy atom. The van der Waals surface area contributed by atoms with Crippen molar-refractivity contribution in [2.24, 2.45) is 7.05 Å². The predicted molar refractivity (Wildman–Crippen MR) is 95.2 cm³/mol. The van der Waals surface area contributed by atoms with Crippen molar-refractivity contribution in [3.05, 3.63) is 57.8 Å². The Labute approximate surface area is 144 Å². The molecule has 3 aromatic rings. The van der Waals surface area contributed by atoms with Crippen LogP contribution in [0.25, 0.3) is 11.0 Å². The van der Waals surface area contributed by atoms with E-state index in [1.54, 1.807) is 12.1 Å². The molecule has 0 unspecified atom stereocenters. The fourth-order valence-electron chi connectivity index (χ4n) is 2.71. The highest BCUT2D eigenvalue weighted by Gasteiger charge is 2.18. The fraction of sp³-hybridized carbons (Fsp3) is 0.235. The molecule has 0 bridgehead atoms. The van der Waals surface area contributed by atoms with Crippen LogP contribution < -0.4 is 0 Å². The lowest BCUT2D eigenvalue weighted by Crippen LogP contribution is -2.07. The first kappa shape index (κ1) is 16.2. The number of halogens is 1. The molecule has 0 saturated heterocycles. The average Bonchev–Trinajstić information content (AvgIpc) is 2.72. The summed E-state index contributed by atoms with van der Waals surface area (Å²) >= 11 is 3.36. The number of hydrogen-bond donors (Lipinski definition) is 0. The zero-order valence-corrected chi connectivity index (χ0v) is 15.6. The van der Waals surface area contributed by atoms with Crippen LogP contribution in [0.2, 0.25) is 0 Å². The van der Waals surface area contributed by atoms with E-state index in [1.807, 2.05) is 49.7 Å². The Balaban J connectivity index is 2.00. The molecule has 2 aromatic carbocycles. The Kier molecular flexibility index (Phi) is 4.06. The van der Waals surface area contributed by atoms with E-state index >= 15 is 0 Å². The summed E-state index contributed by atoms with van der Waals surface area (Å²) in [5.41, 5.74) is 3.32. The molecular formula is C17H17BrN2O2S. The predicted octanol–water partition coefficient (Wildman–Crippen LogP) is 3.93. The van der Waals surface area contributed by atoms with Gasteiger partial charge in [0.2, 0.25) is 0 Å². The van der Waals surface area contributed by atoms with E-state index in [0.29, 0.717) is 4.90 Å². The van der Waals surface area contributed by atoms with Crippen LogP contribution in [-0.4, -0.2) is 18.0 Å². The zero-order chi connectivity index (χ0) is 16.8. The number of sulfone groups is 1. The van der Waals surface area contributed by atoms with Gasteiger partial charge in [-0.3, -0.25) is 0 Å². The van der Waals surface area contributed by atoms with E-state index in [-0.39, 0.29) is 5.75 Å². The van der Waals surface area contributed by atoms with Gasteiger partial charge in [0.15, 0.2) is 9.84 Å². The molecule has 0 aliphatic heterocycles. The molecule has 0 atom stereocenters. The van der Waals surface area contributed by atoms with Gasteiger partial charge in [-0.1, -0.05) is 22.0 Å². The molecular weight excluding hydrogens is 376 g/mol. The summed E-state index contributed by atoms with van der Waals surface area (Å²) in [6, 6.07) is 10.9. The first-order valence-corrected chi connectivity index (χ1v) is 9.63. The smallest absolute Gasteiger partial charge is 0.182 e. The van der Waals surface area contributed by atoms with Crippen molar-refractivity contribution in [2.75, 3.05) is 0 Å². The topological polar surface area (TPSA) is 52.0 Å². The Hall–Kier alpha value is -1.66. The Morgan fingerprint density at radius 1 is 1.13 bits per heavy atom. The molecule has 0 aliphatic carbocycles. The zero-order valence-electron chi connectivity index (χ0n) is 13.2. The van der Waals surface area contributed by atoms with Crippen molar-refractivity contribution < 1.29 is 8.42 Å². The molecule has 0 amide bonds. The third-order valence-corrected chi connectivity index (χ3v) is 6.33. The SMILES string of the molecule is Cc1cc(Br)ccc1S(=O)(=O)Cc1ccc2c(c1)nc(C)n2C. The highest BCUT2D eigenvalue weighted by molar-refractivity contribution is 9.10. The van der Waals surface area contributed by atoms with Crippen molar-refractivity contribution in [1.82, 2.24) is 9.55 Å². The van der Waals surface area contributed by atoms with Crippen LogP contribution >= 0.6 is 15.9 Å². The van der Waals surface area contributed by atoms with Gasteiger partial charge in [0.25, 0.3) is 0 Å². The molecule has 0 fully saturated rings. The molecule has 0 saturated carbocycles. The summed E-state index contributed by atoms with van der Waals surface area (Å²) in [6.45, 7) is 3.74. The van der Waals surface area contributed by atoms with Gasteiger partial charge >= 0.3 is 0 Å². The first-order chi connectivity index (χ1) is 10.8. The molecule has 6 heteroatoms. The second kappa shape index (κ2) is 5.76. The number of aromatic nitrogens is 2. The van der Waals surface area contributed by atoms with Crippen molar-refractivity contribution >= 4 is 36.8 Å². The third kappa shape index (κ3) is 3.05. The lowest BCUT2D eigenvalue weighted by atomic mass is 10.2. The van der Waals surface area contributed by atoms with Crippen LogP contribution in [0.1, 0.15) is 17.0 Å². The van der Waals surface area contributed by atoms with Gasteiger partial charge < -0.3 is 4.57 Å². The standard InChI is InChI=1S/C17H17BrN2O2S/c1-11-8-14(18)5-7-17(11)23(21,22)10-13-4-6-16-15(9-13)19-12(2)20(16)3/h4-9H,10H2,1-3H3. The monoisotopic (exact) mass is 392 g/mol. The van der Waals surface area contributed by atoms with Crippen LogP contribution in [0.5, 0.6) is 0 Å². The molecule has 0 N–H and O–H groups in total. The molecule has 1 aromatic heterocycles. The summed E-state index contributed by atoms with van der Waals surface area (Å²) in [5, 5.41) is 0. The van der Waals surface area contributed by atoms with Crippen LogP contribution in [0, 0.1) is 13.8 Å². The number of hydrogen-bond acceptors (Lipinski definition) is 3. The molecule has 23 heavy (non-hydrogen) atoms.